The minimum Gasteiger partial charge on any atom is -0.463 e. The summed E-state index contributed by atoms with van der Waals surface area (Å²) in [6, 6.07) is 0. The molecule has 0 fully saturated rings. The van der Waals surface area contributed by atoms with Crippen molar-refractivity contribution in [1.29, 1.82) is 0 Å². The highest BCUT2D eigenvalue weighted by molar-refractivity contribution is 5.74. The summed E-state index contributed by atoms with van der Waals surface area (Å²) < 4.78 is 10.3. The van der Waals surface area contributed by atoms with E-state index in [2.05, 4.69) is 12.2 Å². The zero-order valence-electron chi connectivity index (χ0n) is 19.5. The van der Waals surface area contributed by atoms with Crippen LogP contribution in [0.2, 0.25) is 0 Å². The van der Waals surface area contributed by atoms with E-state index in [9.17, 15) is 19.5 Å². The van der Waals surface area contributed by atoms with Crippen LogP contribution in [0.15, 0.2) is 0 Å². The number of aliphatic hydroxyl groups excluding tert-OH is 1. The molecular weight excluding hydrogens is 386 g/mol. The van der Waals surface area contributed by atoms with Gasteiger partial charge in [0, 0.05) is 20.8 Å². The Morgan fingerprint density at radius 3 is 1.73 bits per heavy atom. The van der Waals surface area contributed by atoms with Crippen molar-refractivity contribution < 1.29 is 29.0 Å². The zero-order chi connectivity index (χ0) is 22.8. The first-order chi connectivity index (χ1) is 14.2. The molecule has 0 aliphatic rings. The van der Waals surface area contributed by atoms with Crippen LogP contribution >= 0.6 is 0 Å². The monoisotopic (exact) mass is 429 g/mol. The van der Waals surface area contributed by atoms with Crippen molar-refractivity contribution in [2.24, 2.45) is 0 Å². The van der Waals surface area contributed by atoms with Gasteiger partial charge in [-0.15, -0.1) is 0 Å². The minimum absolute atomic E-state index is 0.0284. The number of ether oxygens (including phenoxy) is 2. The van der Waals surface area contributed by atoms with Crippen LogP contribution in [0.1, 0.15) is 105 Å². The summed E-state index contributed by atoms with van der Waals surface area (Å²) in [5.41, 5.74) is -0.905. The second-order valence-electron chi connectivity index (χ2n) is 8.33. The first-order valence-corrected chi connectivity index (χ1v) is 11.4. The summed E-state index contributed by atoms with van der Waals surface area (Å²) in [6.07, 6.45) is 11.7. The average Bonchev–Trinajstić information content (AvgIpc) is 2.66. The Balaban J connectivity index is 4.30. The number of amides is 1. The SMILES string of the molecule is CCCCCCC(O)CCCCCCCC(COC(C)=O)(COC(C)=O)NC(C)=O. The van der Waals surface area contributed by atoms with E-state index in [4.69, 9.17) is 9.47 Å². The van der Waals surface area contributed by atoms with Gasteiger partial charge in [-0.3, -0.25) is 14.4 Å². The van der Waals surface area contributed by atoms with E-state index in [0.717, 1.165) is 51.4 Å². The fourth-order valence-electron chi connectivity index (χ4n) is 3.50. The van der Waals surface area contributed by atoms with Gasteiger partial charge in [-0.25, -0.2) is 0 Å². The number of esters is 2. The number of aliphatic hydroxyl groups is 1. The summed E-state index contributed by atoms with van der Waals surface area (Å²) in [7, 11) is 0. The Labute approximate surface area is 182 Å². The van der Waals surface area contributed by atoms with Gasteiger partial charge in [0.05, 0.1) is 6.10 Å². The summed E-state index contributed by atoms with van der Waals surface area (Å²) >= 11 is 0. The van der Waals surface area contributed by atoms with E-state index in [1.165, 1.54) is 40.0 Å². The standard InChI is InChI=1S/C23H43NO6/c1-5-6-7-11-14-22(28)15-12-9-8-10-13-16-23(24-19(2)25,17-29-20(3)26)18-30-21(4)27/h22,28H,5-18H2,1-4H3,(H,24,25). The Morgan fingerprint density at radius 2 is 1.27 bits per heavy atom. The molecule has 176 valence electrons. The van der Waals surface area contributed by atoms with Gasteiger partial charge in [-0.05, 0) is 19.3 Å². The van der Waals surface area contributed by atoms with Gasteiger partial charge in [0.1, 0.15) is 18.8 Å². The Hall–Kier alpha value is -1.63. The number of rotatable bonds is 18. The van der Waals surface area contributed by atoms with Gasteiger partial charge < -0.3 is 19.9 Å². The fraction of sp³-hybridized carbons (Fsp3) is 0.870. The maximum atomic E-state index is 11.7. The van der Waals surface area contributed by atoms with E-state index in [1.807, 2.05) is 0 Å². The first kappa shape index (κ1) is 28.4. The summed E-state index contributed by atoms with van der Waals surface area (Å²) in [5, 5.41) is 12.8. The maximum Gasteiger partial charge on any atom is 0.302 e. The second-order valence-corrected chi connectivity index (χ2v) is 8.33. The minimum atomic E-state index is -0.905. The first-order valence-electron chi connectivity index (χ1n) is 11.4. The molecule has 1 unspecified atom stereocenters. The van der Waals surface area contributed by atoms with Gasteiger partial charge in [-0.2, -0.15) is 0 Å². The molecule has 0 heterocycles. The highest BCUT2D eigenvalue weighted by atomic mass is 16.5. The van der Waals surface area contributed by atoms with Crippen LogP contribution in [0, 0.1) is 0 Å². The van der Waals surface area contributed by atoms with Crippen LogP contribution in [-0.4, -0.2) is 47.8 Å². The highest BCUT2D eigenvalue weighted by Gasteiger charge is 2.33. The molecule has 0 aromatic rings. The largest absolute Gasteiger partial charge is 0.463 e. The zero-order valence-corrected chi connectivity index (χ0v) is 19.5. The molecule has 7 heteroatoms. The number of unbranched alkanes of at least 4 members (excludes halogenated alkanes) is 7. The van der Waals surface area contributed by atoms with E-state index >= 15 is 0 Å². The third kappa shape index (κ3) is 16.2. The highest BCUT2D eigenvalue weighted by Crippen LogP contribution is 2.19. The van der Waals surface area contributed by atoms with Gasteiger partial charge in [0.15, 0.2) is 0 Å². The molecule has 0 aromatic heterocycles. The van der Waals surface area contributed by atoms with Gasteiger partial charge >= 0.3 is 11.9 Å². The topological polar surface area (TPSA) is 102 Å². The molecule has 0 rings (SSSR count). The molecular formula is C23H43NO6. The fourth-order valence-corrected chi connectivity index (χ4v) is 3.50. The quantitative estimate of drug-likeness (QED) is 0.252. The van der Waals surface area contributed by atoms with E-state index in [-0.39, 0.29) is 25.2 Å². The van der Waals surface area contributed by atoms with Crippen LogP contribution in [0.3, 0.4) is 0 Å². The molecule has 0 aliphatic carbocycles. The van der Waals surface area contributed by atoms with E-state index in [1.54, 1.807) is 0 Å². The molecule has 1 atom stereocenters. The molecule has 0 radical (unpaired) electrons. The lowest BCUT2D eigenvalue weighted by atomic mass is 9.92. The summed E-state index contributed by atoms with van der Waals surface area (Å²) in [4.78, 5) is 34.2. The molecule has 2 N–H and O–H groups in total. The lowest BCUT2D eigenvalue weighted by molar-refractivity contribution is -0.150. The summed E-state index contributed by atoms with van der Waals surface area (Å²) in [6.45, 7) is 6.14. The van der Waals surface area contributed by atoms with Crippen LogP contribution < -0.4 is 5.32 Å². The molecule has 30 heavy (non-hydrogen) atoms. The van der Waals surface area contributed by atoms with Crippen LogP contribution in [0.25, 0.3) is 0 Å². The van der Waals surface area contributed by atoms with Gasteiger partial charge in [0.25, 0.3) is 0 Å². The molecule has 0 aromatic carbocycles. The molecule has 0 spiro atoms. The Kier molecular flexibility index (Phi) is 16.2. The van der Waals surface area contributed by atoms with Crippen molar-refractivity contribution in [3.05, 3.63) is 0 Å². The Morgan fingerprint density at radius 1 is 0.800 bits per heavy atom. The van der Waals surface area contributed by atoms with Crippen molar-refractivity contribution in [1.82, 2.24) is 5.32 Å². The number of hydrogen-bond acceptors (Lipinski definition) is 6. The molecule has 1 amide bonds. The van der Waals surface area contributed by atoms with Crippen molar-refractivity contribution in [3.8, 4) is 0 Å². The molecule has 0 saturated heterocycles. The van der Waals surface area contributed by atoms with Crippen molar-refractivity contribution in [2.45, 2.75) is 116 Å². The van der Waals surface area contributed by atoms with Crippen LogP contribution in [0.4, 0.5) is 0 Å². The van der Waals surface area contributed by atoms with Crippen LogP contribution in [-0.2, 0) is 23.9 Å². The molecule has 0 saturated carbocycles. The lowest BCUT2D eigenvalue weighted by Crippen LogP contribution is -2.55. The maximum absolute atomic E-state index is 11.7. The van der Waals surface area contributed by atoms with Crippen molar-refractivity contribution in [2.75, 3.05) is 13.2 Å². The van der Waals surface area contributed by atoms with Crippen molar-refractivity contribution >= 4 is 17.8 Å². The van der Waals surface area contributed by atoms with E-state index in [0.29, 0.717) is 6.42 Å². The van der Waals surface area contributed by atoms with E-state index < -0.39 is 17.5 Å². The summed E-state index contributed by atoms with van der Waals surface area (Å²) in [5.74, 6) is -1.15. The lowest BCUT2D eigenvalue weighted by Gasteiger charge is -2.33. The number of hydrogen-bond donors (Lipinski definition) is 2. The van der Waals surface area contributed by atoms with Crippen molar-refractivity contribution in [3.63, 3.8) is 0 Å². The van der Waals surface area contributed by atoms with Gasteiger partial charge in [-0.1, -0.05) is 64.7 Å². The number of nitrogens with one attached hydrogen (secondary N) is 1. The second kappa shape index (κ2) is 17.1. The normalized spacial score (nSPS) is 12.3. The third-order valence-corrected chi connectivity index (χ3v) is 5.13. The molecule has 0 bridgehead atoms. The predicted octanol–water partition coefficient (Wildman–Crippen LogP) is 4.05. The molecule has 7 nitrogen and oxygen atoms in total. The third-order valence-electron chi connectivity index (χ3n) is 5.13. The predicted molar refractivity (Wildman–Crippen MR) is 117 cm³/mol. The van der Waals surface area contributed by atoms with Crippen LogP contribution in [0.5, 0.6) is 0 Å². The number of carbonyl (C=O) groups is 3. The smallest absolute Gasteiger partial charge is 0.302 e. The average molecular weight is 430 g/mol. The Bertz CT molecular complexity index is 476. The van der Waals surface area contributed by atoms with Gasteiger partial charge in [0.2, 0.25) is 5.91 Å². The molecule has 0 aliphatic heterocycles. The number of carbonyl (C=O) groups excluding carboxylic acids is 3.